The molecule has 0 aromatic carbocycles. The van der Waals surface area contributed by atoms with E-state index in [0.717, 1.165) is 19.7 Å². The van der Waals surface area contributed by atoms with E-state index in [9.17, 15) is 0 Å². The smallest absolute Gasteiger partial charge is 0.0753 e. The highest BCUT2D eigenvalue weighted by Gasteiger charge is 2.26. The summed E-state index contributed by atoms with van der Waals surface area (Å²) in [6, 6.07) is 0.638. The highest BCUT2D eigenvalue weighted by atomic mass is 16.5. The van der Waals surface area contributed by atoms with E-state index < -0.39 is 0 Å². The van der Waals surface area contributed by atoms with Crippen molar-refractivity contribution in [3.8, 4) is 0 Å². The molecule has 0 spiro atoms. The maximum Gasteiger partial charge on any atom is 0.0753 e. The van der Waals surface area contributed by atoms with Crippen molar-refractivity contribution < 1.29 is 4.74 Å². The van der Waals surface area contributed by atoms with Crippen LogP contribution in [-0.4, -0.2) is 49.8 Å². The quantitative estimate of drug-likeness (QED) is 0.750. The molecule has 1 N–H and O–H groups in total. The zero-order chi connectivity index (χ0) is 11.3. The van der Waals surface area contributed by atoms with Gasteiger partial charge >= 0.3 is 0 Å². The largest absolute Gasteiger partial charge is 0.373 e. The summed E-state index contributed by atoms with van der Waals surface area (Å²) in [7, 11) is 2.03. The molecule has 1 aliphatic heterocycles. The van der Waals surface area contributed by atoms with Crippen molar-refractivity contribution in [2.75, 3.05) is 33.3 Å². The molecule has 1 saturated heterocycles. The predicted octanol–water partition coefficient (Wildman–Crippen LogP) is 1.49. The van der Waals surface area contributed by atoms with Gasteiger partial charge in [-0.3, -0.25) is 4.90 Å². The van der Waals surface area contributed by atoms with E-state index in [1.54, 1.807) is 0 Å². The standard InChI is InChI=1S/C12H26N2O/c1-11(13-4)6-5-7-14-8-9-15-12(2,3)10-14/h11,13H,5-10H2,1-4H3. The van der Waals surface area contributed by atoms with E-state index in [1.165, 1.54) is 19.4 Å². The fourth-order valence-electron chi connectivity index (χ4n) is 2.07. The van der Waals surface area contributed by atoms with Gasteiger partial charge in [0.1, 0.15) is 0 Å². The Morgan fingerprint density at radius 3 is 2.80 bits per heavy atom. The van der Waals surface area contributed by atoms with E-state index in [4.69, 9.17) is 4.74 Å². The summed E-state index contributed by atoms with van der Waals surface area (Å²) in [5.41, 5.74) is 0.0485. The summed E-state index contributed by atoms with van der Waals surface area (Å²) in [6.07, 6.45) is 2.53. The van der Waals surface area contributed by atoms with Crippen LogP contribution in [0, 0.1) is 0 Å². The third-order valence-electron chi connectivity index (χ3n) is 3.11. The molecule has 1 unspecified atom stereocenters. The second-order valence-electron chi connectivity index (χ2n) is 5.22. The highest BCUT2D eigenvalue weighted by Crippen LogP contribution is 2.16. The van der Waals surface area contributed by atoms with Crippen LogP contribution in [0.1, 0.15) is 33.6 Å². The number of hydrogen-bond donors (Lipinski definition) is 1. The molecule has 1 atom stereocenters. The van der Waals surface area contributed by atoms with Crippen LogP contribution in [0.15, 0.2) is 0 Å². The van der Waals surface area contributed by atoms with Crippen molar-refractivity contribution in [3.05, 3.63) is 0 Å². The van der Waals surface area contributed by atoms with Crippen molar-refractivity contribution in [3.63, 3.8) is 0 Å². The monoisotopic (exact) mass is 214 g/mol. The molecule has 1 heterocycles. The first-order valence-corrected chi connectivity index (χ1v) is 6.07. The van der Waals surface area contributed by atoms with Gasteiger partial charge < -0.3 is 10.1 Å². The Morgan fingerprint density at radius 1 is 1.47 bits per heavy atom. The fraction of sp³-hybridized carbons (Fsp3) is 1.00. The number of morpholine rings is 1. The number of nitrogens with zero attached hydrogens (tertiary/aromatic N) is 1. The summed E-state index contributed by atoms with van der Waals surface area (Å²) >= 11 is 0. The van der Waals surface area contributed by atoms with Crippen LogP contribution in [0.25, 0.3) is 0 Å². The van der Waals surface area contributed by atoms with E-state index in [1.807, 2.05) is 7.05 Å². The van der Waals surface area contributed by atoms with E-state index in [-0.39, 0.29) is 5.60 Å². The third kappa shape index (κ3) is 4.96. The molecule has 15 heavy (non-hydrogen) atoms. The Hall–Kier alpha value is -0.120. The molecule has 0 radical (unpaired) electrons. The van der Waals surface area contributed by atoms with Gasteiger partial charge in [0, 0.05) is 19.1 Å². The number of hydrogen-bond acceptors (Lipinski definition) is 3. The molecule has 3 nitrogen and oxygen atoms in total. The minimum absolute atomic E-state index is 0.0485. The summed E-state index contributed by atoms with van der Waals surface area (Å²) in [5, 5.41) is 3.28. The normalized spacial score (nSPS) is 24.0. The third-order valence-corrected chi connectivity index (χ3v) is 3.11. The molecular formula is C12H26N2O. The van der Waals surface area contributed by atoms with E-state index >= 15 is 0 Å². The molecule has 90 valence electrons. The molecule has 0 amide bonds. The van der Waals surface area contributed by atoms with Gasteiger partial charge in [0.05, 0.1) is 12.2 Å². The van der Waals surface area contributed by atoms with Gasteiger partial charge in [0.15, 0.2) is 0 Å². The van der Waals surface area contributed by atoms with Crippen LogP contribution in [0.2, 0.25) is 0 Å². The van der Waals surface area contributed by atoms with Gasteiger partial charge in [-0.15, -0.1) is 0 Å². The molecule has 0 aromatic heterocycles. The fourth-order valence-corrected chi connectivity index (χ4v) is 2.07. The topological polar surface area (TPSA) is 24.5 Å². The molecule has 0 aromatic rings. The minimum Gasteiger partial charge on any atom is -0.373 e. The zero-order valence-electron chi connectivity index (χ0n) is 10.7. The first-order valence-electron chi connectivity index (χ1n) is 6.07. The molecule has 1 rings (SSSR count). The van der Waals surface area contributed by atoms with Crippen molar-refractivity contribution in [2.24, 2.45) is 0 Å². The number of rotatable bonds is 5. The van der Waals surface area contributed by atoms with Gasteiger partial charge in [-0.2, -0.15) is 0 Å². The van der Waals surface area contributed by atoms with Gasteiger partial charge in [0.2, 0.25) is 0 Å². The molecule has 0 aliphatic carbocycles. The average molecular weight is 214 g/mol. The maximum absolute atomic E-state index is 5.69. The summed E-state index contributed by atoms with van der Waals surface area (Å²) < 4.78 is 5.69. The van der Waals surface area contributed by atoms with E-state index in [0.29, 0.717) is 6.04 Å². The number of ether oxygens (including phenoxy) is 1. The first kappa shape index (κ1) is 12.9. The Kier molecular flexibility index (Phi) is 5.03. The van der Waals surface area contributed by atoms with Crippen LogP contribution in [0.4, 0.5) is 0 Å². The SMILES string of the molecule is CNC(C)CCCN1CCOC(C)(C)C1. The van der Waals surface area contributed by atoms with Crippen LogP contribution in [0.5, 0.6) is 0 Å². The lowest BCUT2D eigenvalue weighted by Gasteiger charge is -2.38. The molecule has 0 bridgehead atoms. The van der Waals surface area contributed by atoms with Gasteiger partial charge in [0.25, 0.3) is 0 Å². The zero-order valence-corrected chi connectivity index (χ0v) is 10.7. The van der Waals surface area contributed by atoms with Gasteiger partial charge in [-0.05, 0) is 47.2 Å². The maximum atomic E-state index is 5.69. The highest BCUT2D eigenvalue weighted by molar-refractivity contribution is 4.79. The van der Waals surface area contributed by atoms with E-state index in [2.05, 4.69) is 31.0 Å². The summed E-state index contributed by atoms with van der Waals surface area (Å²) in [4.78, 5) is 2.52. The second kappa shape index (κ2) is 5.83. The summed E-state index contributed by atoms with van der Waals surface area (Å²) in [6.45, 7) is 10.8. The lowest BCUT2D eigenvalue weighted by Crippen LogP contribution is -2.48. The van der Waals surface area contributed by atoms with Crippen molar-refractivity contribution in [1.82, 2.24) is 10.2 Å². The van der Waals surface area contributed by atoms with Crippen LogP contribution < -0.4 is 5.32 Å². The van der Waals surface area contributed by atoms with Crippen molar-refractivity contribution in [1.29, 1.82) is 0 Å². The molecule has 3 heteroatoms. The van der Waals surface area contributed by atoms with Crippen LogP contribution >= 0.6 is 0 Å². The molecular weight excluding hydrogens is 188 g/mol. The van der Waals surface area contributed by atoms with Crippen molar-refractivity contribution >= 4 is 0 Å². The van der Waals surface area contributed by atoms with Crippen LogP contribution in [-0.2, 0) is 4.74 Å². The van der Waals surface area contributed by atoms with Crippen molar-refractivity contribution in [2.45, 2.75) is 45.3 Å². The first-order chi connectivity index (χ1) is 7.03. The summed E-state index contributed by atoms with van der Waals surface area (Å²) in [5.74, 6) is 0. The molecule has 0 saturated carbocycles. The molecule has 1 aliphatic rings. The lowest BCUT2D eigenvalue weighted by atomic mass is 10.1. The van der Waals surface area contributed by atoms with Gasteiger partial charge in [-0.25, -0.2) is 0 Å². The van der Waals surface area contributed by atoms with Gasteiger partial charge in [-0.1, -0.05) is 0 Å². The predicted molar refractivity (Wildman–Crippen MR) is 64.2 cm³/mol. The Labute approximate surface area is 94.2 Å². The van der Waals surface area contributed by atoms with Crippen LogP contribution in [0.3, 0.4) is 0 Å². The Balaban J connectivity index is 2.16. The minimum atomic E-state index is 0.0485. The lowest BCUT2D eigenvalue weighted by molar-refractivity contribution is -0.0861. The Morgan fingerprint density at radius 2 is 2.20 bits per heavy atom. The average Bonchev–Trinajstić information content (AvgIpc) is 2.16. The second-order valence-corrected chi connectivity index (χ2v) is 5.22. The molecule has 1 fully saturated rings. The number of nitrogens with one attached hydrogen (secondary N) is 1. The Bertz CT molecular complexity index is 182.